The molecule has 198 valence electrons. The van der Waals surface area contributed by atoms with E-state index in [0.29, 0.717) is 38.0 Å². The molecule has 3 aliphatic carbocycles. The van der Waals surface area contributed by atoms with E-state index in [1.807, 2.05) is 40.8 Å². The van der Waals surface area contributed by atoms with Crippen LogP contribution in [0.1, 0.15) is 31.2 Å². The number of carbonyl (C=O) groups excluding carboxylic acids is 4. The van der Waals surface area contributed by atoms with Gasteiger partial charge in [0.1, 0.15) is 0 Å². The molecule has 2 aromatic rings. The molecule has 1 heterocycles. The van der Waals surface area contributed by atoms with Gasteiger partial charge in [0.2, 0.25) is 11.8 Å². The third-order valence-electron chi connectivity index (χ3n) is 8.25. The number of amides is 2. The van der Waals surface area contributed by atoms with Gasteiger partial charge in [-0.05, 0) is 119 Å². The predicted molar refractivity (Wildman–Crippen MR) is 160 cm³/mol. The number of ether oxygens (including phenoxy) is 1. The highest BCUT2D eigenvalue weighted by Gasteiger charge is 2.56. The number of phenols is 1. The van der Waals surface area contributed by atoms with Gasteiger partial charge in [0.05, 0.1) is 28.2 Å². The first kappa shape index (κ1) is 26.4. The molecular weight excluding hydrogens is 724 g/mol. The van der Waals surface area contributed by atoms with Gasteiger partial charge in [0.15, 0.2) is 23.1 Å². The molecular formula is C30H23I2NO6. The average Bonchev–Trinajstić information content (AvgIpc) is 3.18. The molecule has 2 amide bonds. The molecule has 0 bridgehead atoms. The van der Waals surface area contributed by atoms with Gasteiger partial charge in [-0.15, -0.1) is 0 Å². The lowest BCUT2D eigenvalue weighted by Gasteiger charge is -2.42. The van der Waals surface area contributed by atoms with E-state index < -0.39 is 23.7 Å². The second kappa shape index (κ2) is 9.69. The van der Waals surface area contributed by atoms with Crippen LogP contribution in [0.2, 0.25) is 0 Å². The minimum absolute atomic E-state index is 0.00683. The third kappa shape index (κ3) is 4.02. The van der Waals surface area contributed by atoms with Crippen molar-refractivity contribution in [1.29, 1.82) is 0 Å². The van der Waals surface area contributed by atoms with Crippen LogP contribution in [0.25, 0.3) is 0 Å². The Morgan fingerprint density at radius 2 is 1.72 bits per heavy atom. The molecule has 0 radical (unpaired) electrons. The Hall–Kier alpha value is -2.80. The largest absolute Gasteiger partial charge is 0.504 e. The lowest BCUT2D eigenvalue weighted by Crippen LogP contribution is -2.39. The Morgan fingerprint density at radius 3 is 2.41 bits per heavy atom. The molecule has 1 aliphatic heterocycles. The number of imide groups is 1. The number of Topliss-reactive ketones (excluding diaryl/α,β-unsaturated/α-hetero) is 1. The van der Waals surface area contributed by atoms with E-state index in [0.717, 1.165) is 9.14 Å². The first-order chi connectivity index (χ1) is 18.6. The second-order valence-corrected chi connectivity index (χ2v) is 12.7. The minimum atomic E-state index is -0.638. The maximum atomic E-state index is 13.9. The monoisotopic (exact) mass is 747 g/mol. The summed E-state index contributed by atoms with van der Waals surface area (Å²) < 4.78 is 6.94. The molecule has 39 heavy (non-hydrogen) atoms. The maximum Gasteiger partial charge on any atom is 0.238 e. The fraction of sp³-hybridized carbons (Fsp3) is 0.267. The van der Waals surface area contributed by atoms with Crippen molar-refractivity contribution >= 4 is 74.2 Å². The number of aromatic hydroxyl groups is 1. The van der Waals surface area contributed by atoms with Gasteiger partial charge < -0.3 is 9.84 Å². The van der Waals surface area contributed by atoms with Gasteiger partial charge in [-0.1, -0.05) is 11.6 Å². The molecule has 4 atom stereocenters. The first-order valence-corrected chi connectivity index (χ1v) is 14.7. The SMILES string of the molecule is COc1cc([C@H]2C3=CC[C@@H]4C(=O)N(c5ccc(I)cc5)C(=O)[C@@H]4[C@@H]3CC3=C2C(=O)C=C(C)C3=O)cc(I)c1O. The van der Waals surface area contributed by atoms with Crippen molar-refractivity contribution in [1.82, 2.24) is 0 Å². The standard InChI is InChI=1S/C30H23I2NO6/c1-13-9-22(34)26-20(27(13)35)12-19-17(24(26)14-10-21(32)28(36)23(11-14)39-2)7-8-18-25(19)30(38)33(29(18)37)16-5-3-15(31)4-6-16/h3-7,9-11,18-19,24-25,36H,8,12H2,1-2H3/t18-,19+,24-,25-/m0/s1. The number of allylic oxidation sites excluding steroid dienone is 6. The lowest BCUT2D eigenvalue weighted by molar-refractivity contribution is -0.123. The van der Waals surface area contributed by atoms with Gasteiger partial charge >= 0.3 is 0 Å². The summed E-state index contributed by atoms with van der Waals surface area (Å²) in [6.07, 6.45) is 3.95. The maximum absolute atomic E-state index is 13.9. The summed E-state index contributed by atoms with van der Waals surface area (Å²) in [5.41, 5.74) is 3.26. The Balaban J connectivity index is 1.51. The van der Waals surface area contributed by atoms with Crippen molar-refractivity contribution in [2.75, 3.05) is 12.0 Å². The molecule has 1 N–H and O–H groups in total. The predicted octanol–water partition coefficient (Wildman–Crippen LogP) is 5.24. The Kier molecular flexibility index (Phi) is 6.56. The molecule has 1 saturated heterocycles. The highest BCUT2D eigenvalue weighted by Crippen LogP contribution is 2.56. The summed E-state index contributed by atoms with van der Waals surface area (Å²) in [4.78, 5) is 55.7. The van der Waals surface area contributed by atoms with Crippen molar-refractivity contribution < 1.29 is 29.0 Å². The smallest absolute Gasteiger partial charge is 0.238 e. The fourth-order valence-electron chi connectivity index (χ4n) is 6.52. The highest BCUT2D eigenvalue weighted by molar-refractivity contribution is 14.1. The van der Waals surface area contributed by atoms with Crippen molar-refractivity contribution in [2.24, 2.45) is 17.8 Å². The van der Waals surface area contributed by atoms with Crippen LogP contribution in [-0.4, -0.2) is 35.6 Å². The van der Waals surface area contributed by atoms with Crippen LogP contribution in [0.3, 0.4) is 0 Å². The number of benzene rings is 2. The zero-order valence-corrected chi connectivity index (χ0v) is 25.3. The number of ketones is 2. The number of anilines is 1. The number of methoxy groups -OCH3 is 1. The molecule has 7 nitrogen and oxygen atoms in total. The number of hydrogen-bond acceptors (Lipinski definition) is 6. The van der Waals surface area contributed by atoms with Crippen molar-refractivity contribution in [3.8, 4) is 11.5 Å². The first-order valence-electron chi connectivity index (χ1n) is 12.5. The Morgan fingerprint density at radius 1 is 1.00 bits per heavy atom. The van der Waals surface area contributed by atoms with Crippen LogP contribution in [0, 0.1) is 24.9 Å². The third-order valence-corrected chi connectivity index (χ3v) is 9.79. The fourth-order valence-corrected chi connectivity index (χ4v) is 7.51. The topological polar surface area (TPSA) is 101 Å². The molecule has 0 spiro atoms. The van der Waals surface area contributed by atoms with Crippen LogP contribution < -0.4 is 9.64 Å². The van der Waals surface area contributed by atoms with Crippen molar-refractivity contribution in [2.45, 2.75) is 25.7 Å². The number of rotatable bonds is 3. The number of nitrogens with zero attached hydrogens (tertiary/aromatic N) is 1. The van der Waals surface area contributed by atoms with E-state index >= 15 is 0 Å². The van der Waals surface area contributed by atoms with E-state index in [1.165, 1.54) is 18.1 Å². The zero-order valence-electron chi connectivity index (χ0n) is 21.0. The molecule has 0 unspecified atom stereocenters. The summed E-state index contributed by atoms with van der Waals surface area (Å²) in [5, 5.41) is 10.5. The van der Waals surface area contributed by atoms with Gasteiger partial charge in [0, 0.05) is 26.2 Å². The summed E-state index contributed by atoms with van der Waals surface area (Å²) in [6.45, 7) is 1.63. The summed E-state index contributed by atoms with van der Waals surface area (Å²) in [5.74, 6) is -2.88. The molecule has 4 aliphatic rings. The van der Waals surface area contributed by atoms with Crippen LogP contribution in [0.4, 0.5) is 5.69 Å². The zero-order chi connectivity index (χ0) is 27.7. The molecule has 0 saturated carbocycles. The number of phenolic OH excluding ortho intramolecular Hbond substituents is 1. The lowest BCUT2D eigenvalue weighted by atomic mass is 9.59. The number of hydrogen-bond donors (Lipinski definition) is 1. The van der Waals surface area contributed by atoms with E-state index in [-0.39, 0.29) is 41.3 Å². The van der Waals surface area contributed by atoms with Gasteiger partial charge in [0.25, 0.3) is 0 Å². The number of fused-ring (bicyclic) bond motifs is 3. The highest BCUT2D eigenvalue weighted by atomic mass is 127. The molecule has 9 heteroatoms. The minimum Gasteiger partial charge on any atom is -0.504 e. The molecule has 6 rings (SSSR count). The molecule has 2 aromatic carbocycles. The molecule has 1 fully saturated rings. The van der Waals surface area contributed by atoms with E-state index in [2.05, 4.69) is 22.6 Å². The summed E-state index contributed by atoms with van der Waals surface area (Å²) >= 11 is 4.19. The number of halogens is 2. The van der Waals surface area contributed by atoms with E-state index in [1.54, 1.807) is 31.2 Å². The van der Waals surface area contributed by atoms with Crippen LogP contribution in [-0.2, 0) is 19.2 Å². The quantitative estimate of drug-likeness (QED) is 0.200. The number of carbonyl (C=O) groups is 4. The van der Waals surface area contributed by atoms with E-state index in [9.17, 15) is 24.3 Å². The Bertz CT molecular complexity index is 1590. The van der Waals surface area contributed by atoms with Crippen LogP contribution in [0.15, 0.2) is 70.8 Å². The van der Waals surface area contributed by atoms with E-state index in [4.69, 9.17) is 4.74 Å². The average molecular weight is 747 g/mol. The van der Waals surface area contributed by atoms with Crippen LogP contribution >= 0.6 is 45.2 Å². The normalized spacial score (nSPS) is 26.2. The van der Waals surface area contributed by atoms with Crippen molar-refractivity contribution in [3.05, 3.63) is 83.5 Å². The van der Waals surface area contributed by atoms with Gasteiger partial charge in [-0.25, -0.2) is 0 Å². The molecule has 0 aromatic heterocycles. The summed E-state index contributed by atoms with van der Waals surface area (Å²) in [6, 6.07) is 10.7. The summed E-state index contributed by atoms with van der Waals surface area (Å²) in [7, 11) is 1.46. The van der Waals surface area contributed by atoms with Crippen molar-refractivity contribution in [3.63, 3.8) is 0 Å². The second-order valence-electron chi connectivity index (χ2n) is 10.3. The van der Waals surface area contributed by atoms with Gasteiger partial charge in [-0.3, -0.25) is 24.1 Å². The Labute approximate surface area is 252 Å². The van der Waals surface area contributed by atoms with Gasteiger partial charge in [-0.2, -0.15) is 0 Å². The van der Waals surface area contributed by atoms with Crippen LogP contribution in [0.5, 0.6) is 11.5 Å².